The van der Waals surface area contributed by atoms with Gasteiger partial charge in [-0.15, -0.1) is 0 Å². The number of nitrogens with one attached hydrogen (secondary N) is 2. The Morgan fingerprint density at radius 2 is 2.22 bits per heavy atom. The lowest BCUT2D eigenvalue weighted by Crippen LogP contribution is -2.44. The van der Waals surface area contributed by atoms with Gasteiger partial charge in [0.15, 0.2) is 0 Å². The average Bonchev–Trinajstić information content (AvgIpc) is 2.37. The lowest BCUT2D eigenvalue weighted by atomic mass is 9.84. The van der Waals surface area contributed by atoms with Crippen LogP contribution < -0.4 is 10.6 Å². The van der Waals surface area contributed by atoms with E-state index < -0.39 is 0 Å². The van der Waals surface area contributed by atoms with Crippen LogP contribution in [0.15, 0.2) is 0 Å². The molecule has 0 heterocycles. The molecule has 0 aromatic rings. The first-order chi connectivity index (χ1) is 8.65. The molecule has 1 fully saturated rings. The highest BCUT2D eigenvalue weighted by atomic mass is 16.5. The van der Waals surface area contributed by atoms with Crippen molar-refractivity contribution < 1.29 is 9.53 Å². The molecule has 1 rings (SSSR count). The van der Waals surface area contributed by atoms with Crippen LogP contribution in [0.4, 0.5) is 0 Å². The zero-order valence-corrected chi connectivity index (χ0v) is 12.0. The molecule has 3 unspecified atom stereocenters. The summed E-state index contributed by atoms with van der Waals surface area (Å²) >= 11 is 0. The average molecular weight is 256 g/mol. The molecule has 1 aliphatic rings. The predicted molar refractivity (Wildman–Crippen MR) is 73.5 cm³/mol. The van der Waals surface area contributed by atoms with Crippen molar-refractivity contribution in [1.29, 1.82) is 0 Å². The van der Waals surface area contributed by atoms with E-state index in [-0.39, 0.29) is 11.9 Å². The van der Waals surface area contributed by atoms with Crippen molar-refractivity contribution in [3.8, 4) is 0 Å². The second-order valence-corrected chi connectivity index (χ2v) is 5.44. The van der Waals surface area contributed by atoms with Gasteiger partial charge in [-0.25, -0.2) is 0 Å². The molecule has 4 heteroatoms. The number of carbonyl (C=O) groups is 1. The third-order valence-corrected chi connectivity index (χ3v) is 3.74. The lowest BCUT2D eigenvalue weighted by molar-refractivity contribution is -0.121. The summed E-state index contributed by atoms with van der Waals surface area (Å²) in [6, 6.07) is 0.603. The van der Waals surface area contributed by atoms with Crippen molar-refractivity contribution in [3.05, 3.63) is 0 Å². The monoisotopic (exact) mass is 256 g/mol. The zero-order valence-electron chi connectivity index (χ0n) is 12.0. The second kappa shape index (κ2) is 8.48. The topological polar surface area (TPSA) is 50.4 Å². The first-order valence-corrected chi connectivity index (χ1v) is 7.17. The second-order valence-electron chi connectivity index (χ2n) is 5.44. The van der Waals surface area contributed by atoms with Gasteiger partial charge in [-0.05, 0) is 25.7 Å². The Bertz CT molecular complexity index is 246. The SMILES string of the molecule is CCC1CCCC(NCC(=O)NC(C)COC)C1. The van der Waals surface area contributed by atoms with Crippen molar-refractivity contribution in [3.63, 3.8) is 0 Å². The molecule has 0 aromatic carbocycles. The Morgan fingerprint density at radius 1 is 1.44 bits per heavy atom. The Kier molecular flexibility index (Phi) is 7.28. The number of methoxy groups -OCH3 is 1. The number of ether oxygens (including phenoxy) is 1. The van der Waals surface area contributed by atoms with Gasteiger partial charge in [0, 0.05) is 19.2 Å². The van der Waals surface area contributed by atoms with Crippen molar-refractivity contribution in [2.24, 2.45) is 5.92 Å². The fourth-order valence-electron chi connectivity index (χ4n) is 2.70. The van der Waals surface area contributed by atoms with Crippen LogP contribution in [0.5, 0.6) is 0 Å². The van der Waals surface area contributed by atoms with E-state index in [1.807, 2.05) is 6.92 Å². The fourth-order valence-corrected chi connectivity index (χ4v) is 2.70. The Balaban J connectivity index is 2.17. The van der Waals surface area contributed by atoms with Crippen LogP contribution in [-0.2, 0) is 9.53 Å². The number of hydrogen-bond acceptors (Lipinski definition) is 3. The van der Waals surface area contributed by atoms with Crippen molar-refractivity contribution in [2.75, 3.05) is 20.3 Å². The Morgan fingerprint density at radius 3 is 2.89 bits per heavy atom. The van der Waals surface area contributed by atoms with Gasteiger partial charge in [0.25, 0.3) is 0 Å². The van der Waals surface area contributed by atoms with Crippen LogP contribution in [0.2, 0.25) is 0 Å². The van der Waals surface area contributed by atoms with Crippen LogP contribution in [0.1, 0.15) is 46.0 Å². The predicted octanol–water partition coefficient (Wildman–Crippen LogP) is 1.70. The standard InChI is InChI=1S/C14H28N2O2/c1-4-12-6-5-7-13(8-12)15-9-14(17)16-11(2)10-18-3/h11-13,15H,4-10H2,1-3H3,(H,16,17). The summed E-state index contributed by atoms with van der Waals surface area (Å²) in [5, 5.41) is 6.30. The third kappa shape index (κ3) is 5.83. The maximum absolute atomic E-state index is 11.7. The first-order valence-electron chi connectivity index (χ1n) is 7.17. The summed E-state index contributed by atoms with van der Waals surface area (Å²) in [4.78, 5) is 11.7. The largest absolute Gasteiger partial charge is 0.383 e. The molecule has 4 nitrogen and oxygen atoms in total. The molecular formula is C14H28N2O2. The minimum absolute atomic E-state index is 0.0678. The highest BCUT2D eigenvalue weighted by Gasteiger charge is 2.20. The molecule has 1 aliphatic carbocycles. The summed E-state index contributed by atoms with van der Waals surface area (Å²) in [6.07, 6.45) is 6.33. The molecule has 18 heavy (non-hydrogen) atoms. The first kappa shape index (κ1) is 15.4. The van der Waals surface area contributed by atoms with Crippen LogP contribution in [-0.4, -0.2) is 38.3 Å². The molecule has 0 spiro atoms. The van der Waals surface area contributed by atoms with Gasteiger partial charge in [-0.1, -0.05) is 26.2 Å². The number of rotatable bonds is 7. The molecule has 3 atom stereocenters. The minimum atomic E-state index is 0.0678. The fraction of sp³-hybridized carbons (Fsp3) is 0.929. The van der Waals surface area contributed by atoms with Gasteiger partial charge in [0.2, 0.25) is 5.91 Å². The van der Waals surface area contributed by atoms with Gasteiger partial charge in [0.05, 0.1) is 13.2 Å². The van der Waals surface area contributed by atoms with Crippen LogP contribution >= 0.6 is 0 Å². The highest BCUT2D eigenvalue weighted by Crippen LogP contribution is 2.26. The van der Waals surface area contributed by atoms with E-state index in [4.69, 9.17) is 4.74 Å². The van der Waals surface area contributed by atoms with Crippen molar-refractivity contribution in [2.45, 2.75) is 58.0 Å². The summed E-state index contributed by atoms with van der Waals surface area (Å²) in [6.45, 7) is 5.20. The van der Waals surface area contributed by atoms with E-state index in [1.54, 1.807) is 7.11 Å². The van der Waals surface area contributed by atoms with Crippen molar-refractivity contribution >= 4 is 5.91 Å². The maximum atomic E-state index is 11.7. The quantitative estimate of drug-likeness (QED) is 0.729. The molecular weight excluding hydrogens is 228 g/mol. The van der Waals surface area contributed by atoms with Gasteiger partial charge in [0.1, 0.15) is 0 Å². The van der Waals surface area contributed by atoms with Gasteiger partial charge < -0.3 is 15.4 Å². The summed E-state index contributed by atoms with van der Waals surface area (Å²) in [7, 11) is 1.65. The van der Waals surface area contributed by atoms with E-state index in [0.29, 0.717) is 19.2 Å². The molecule has 1 saturated carbocycles. The maximum Gasteiger partial charge on any atom is 0.234 e. The third-order valence-electron chi connectivity index (χ3n) is 3.74. The Labute approximate surface area is 111 Å². The zero-order chi connectivity index (χ0) is 13.4. The van der Waals surface area contributed by atoms with Gasteiger partial charge >= 0.3 is 0 Å². The molecule has 1 amide bonds. The van der Waals surface area contributed by atoms with Crippen LogP contribution in [0, 0.1) is 5.92 Å². The van der Waals surface area contributed by atoms with Crippen LogP contribution in [0.3, 0.4) is 0 Å². The van der Waals surface area contributed by atoms with Crippen molar-refractivity contribution in [1.82, 2.24) is 10.6 Å². The number of hydrogen-bond donors (Lipinski definition) is 2. The molecule has 106 valence electrons. The van der Waals surface area contributed by atoms with E-state index >= 15 is 0 Å². The summed E-state index contributed by atoms with van der Waals surface area (Å²) < 4.78 is 4.99. The normalized spacial score (nSPS) is 25.7. The number of carbonyl (C=O) groups excluding carboxylic acids is 1. The van der Waals surface area contributed by atoms with E-state index in [1.165, 1.54) is 32.1 Å². The summed E-state index contributed by atoms with van der Waals surface area (Å²) in [5.41, 5.74) is 0. The molecule has 0 aliphatic heterocycles. The lowest BCUT2D eigenvalue weighted by Gasteiger charge is -2.29. The van der Waals surface area contributed by atoms with E-state index in [9.17, 15) is 4.79 Å². The molecule has 0 radical (unpaired) electrons. The molecule has 0 aromatic heterocycles. The molecule has 0 saturated heterocycles. The number of amides is 1. The molecule has 2 N–H and O–H groups in total. The van der Waals surface area contributed by atoms with Gasteiger partial charge in [-0.2, -0.15) is 0 Å². The highest BCUT2D eigenvalue weighted by molar-refractivity contribution is 5.78. The summed E-state index contributed by atoms with van der Waals surface area (Å²) in [5.74, 6) is 0.907. The Hall–Kier alpha value is -0.610. The minimum Gasteiger partial charge on any atom is -0.383 e. The van der Waals surface area contributed by atoms with E-state index in [2.05, 4.69) is 17.6 Å². The van der Waals surface area contributed by atoms with Gasteiger partial charge in [-0.3, -0.25) is 4.79 Å². The van der Waals surface area contributed by atoms with Crippen LogP contribution in [0.25, 0.3) is 0 Å². The van der Waals surface area contributed by atoms with E-state index in [0.717, 1.165) is 5.92 Å². The molecule has 0 bridgehead atoms. The smallest absolute Gasteiger partial charge is 0.234 e.